The molecule has 0 aliphatic carbocycles. The number of nitrogens with zero attached hydrogens (tertiary/aromatic N) is 1. The van der Waals surface area contributed by atoms with Crippen molar-refractivity contribution in [2.75, 3.05) is 13.1 Å². The van der Waals surface area contributed by atoms with E-state index in [1.165, 1.54) is 5.56 Å². The van der Waals surface area contributed by atoms with Crippen LogP contribution in [0.3, 0.4) is 0 Å². The Morgan fingerprint density at radius 3 is 2.43 bits per heavy atom. The summed E-state index contributed by atoms with van der Waals surface area (Å²) in [6.07, 6.45) is 2.83. The van der Waals surface area contributed by atoms with Crippen molar-refractivity contribution in [3.8, 4) is 0 Å². The van der Waals surface area contributed by atoms with E-state index >= 15 is 0 Å². The van der Waals surface area contributed by atoms with Gasteiger partial charge in [0.25, 0.3) is 0 Å². The quantitative estimate of drug-likeness (QED) is 0.802. The normalized spacial score (nSPS) is 12.6. The van der Waals surface area contributed by atoms with Gasteiger partial charge in [-0.1, -0.05) is 44.2 Å². The summed E-state index contributed by atoms with van der Waals surface area (Å²) >= 11 is 3.44. The molecule has 0 saturated carbocycles. The molecule has 1 heterocycles. The van der Waals surface area contributed by atoms with E-state index in [9.17, 15) is 0 Å². The fourth-order valence-electron chi connectivity index (χ4n) is 2.36. The lowest BCUT2D eigenvalue weighted by Crippen LogP contribution is -2.26. The van der Waals surface area contributed by atoms with Crippen LogP contribution < -0.4 is 5.32 Å². The number of rotatable bonds is 7. The van der Waals surface area contributed by atoms with E-state index in [1.807, 2.05) is 6.20 Å². The van der Waals surface area contributed by atoms with Gasteiger partial charge in [-0.05, 0) is 52.5 Å². The summed E-state index contributed by atoms with van der Waals surface area (Å²) in [5.41, 5.74) is 2.51. The van der Waals surface area contributed by atoms with Crippen LogP contribution in [0.1, 0.15) is 31.0 Å². The molecule has 2 nitrogen and oxygen atoms in total. The number of aromatic nitrogens is 1. The van der Waals surface area contributed by atoms with Crippen LogP contribution in [0.25, 0.3) is 0 Å². The number of benzene rings is 1. The molecule has 0 radical (unpaired) electrons. The molecule has 0 aliphatic rings. The van der Waals surface area contributed by atoms with E-state index in [4.69, 9.17) is 0 Å². The first-order valence-electron chi connectivity index (χ1n) is 7.51. The van der Waals surface area contributed by atoms with Crippen molar-refractivity contribution in [2.24, 2.45) is 5.92 Å². The van der Waals surface area contributed by atoms with Crippen molar-refractivity contribution >= 4 is 15.9 Å². The molecule has 2 aromatic rings. The number of hydrogen-bond acceptors (Lipinski definition) is 2. The smallest absolute Gasteiger partial charge is 0.0413 e. The standard InChI is InChI=1S/C18H23BrN2/c1-14(2)11-20-12-16(15-6-4-3-5-7-15)10-18-9-8-17(19)13-21-18/h3-9,13-14,16,20H,10-12H2,1-2H3. The molecule has 1 atom stereocenters. The Morgan fingerprint density at radius 1 is 1.05 bits per heavy atom. The number of halogens is 1. The maximum atomic E-state index is 4.51. The SMILES string of the molecule is CC(C)CNCC(Cc1ccc(Br)cn1)c1ccccc1. The third-order valence-corrected chi connectivity index (χ3v) is 3.93. The molecular formula is C18H23BrN2. The fourth-order valence-corrected chi connectivity index (χ4v) is 2.59. The molecule has 3 heteroatoms. The lowest BCUT2D eigenvalue weighted by atomic mass is 9.93. The fraction of sp³-hybridized carbons (Fsp3) is 0.389. The van der Waals surface area contributed by atoms with Crippen molar-refractivity contribution in [3.05, 3.63) is 64.4 Å². The Bertz CT molecular complexity index is 523. The first-order valence-corrected chi connectivity index (χ1v) is 8.30. The molecule has 2 rings (SSSR count). The molecule has 0 saturated heterocycles. The van der Waals surface area contributed by atoms with Crippen LogP contribution >= 0.6 is 15.9 Å². The predicted octanol–water partition coefficient (Wildman–Crippen LogP) is 4.42. The van der Waals surface area contributed by atoms with Crippen LogP contribution in [-0.4, -0.2) is 18.1 Å². The van der Waals surface area contributed by atoms with E-state index in [1.54, 1.807) is 0 Å². The predicted molar refractivity (Wildman–Crippen MR) is 92.5 cm³/mol. The number of pyridine rings is 1. The molecule has 0 amide bonds. The zero-order chi connectivity index (χ0) is 15.1. The molecule has 1 N–H and O–H groups in total. The minimum Gasteiger partial charge on any atom is -0.316 e. The van der Waals surface area contributed by atoms with Crippen LogP contribution in [0, 0.1) is 5.92 Å². The maximum Gasteiger partial charge on any atom is 0.0413 e. The van der Waals surface area contributed by atoms with Gasteiger partial charge in [-0.25, -0.2) is 0 Å². The van der Waals surface area contributed by atoms with Crippen LogP contribution in [-0.2, 0) is 6.42 Å². The number of nitrogens with one attached hydrogen (secondary N) is 1. The molecule has 21 heavy (non-hydrogen) atoms. The highest BCUT2D eigenvalue weighted by Gasteiger charge is 2.13. The summed E-state index contributed by atoms with van der Waals surface area (Å²) in [4.78, 5) is 4.51. The minimum absolute atomic E-state index is 0.457. The van der Waals surface area contributed by atoms with Gasteiger partial charge >= 0.3 is 0 Å². The molecule has 112 valence electrons. The Labute approximate surface area is 136 Å². The second kappa shape index (κ2) is 8.30. The molecule has 1 aromatic heterocycles. The van der Waals surface area contributed by atoms with Gasteiger partial charge in [0.1, 0.15) is 0 Å². The lowest BCUT2D eigenvalue weighted by Gasteiger charge is -2.19. The summed E-state index contributed by atoms with van der Waals surface area (Å²) in [6.45, 7) is 6.51. The zero-order valence-corrected chi connectivity index (χ0v) is 14.3. The highest BCUT2D eigenvalue weighted by Crippen LogP contribution is 2.20. The van der Waals surface area contributed by atoms with Crippen LogP contribution in [0.2, 0.25) is 0 Å². The van der Waals surface area contributed by atoms with Gasteiger partial charge in [0.2, 0.25) is 0 Å². The van der Waals surface area contributed by atoms with Gasteiger partial charge in [0.15, 0.2) is 0 Å². The summed E-state index contributed by atoms with van der Waals surface area (Å²) in [5, 5.41) is 3.58. The van der Waals surface area contributed by atoms with Gasteiger partial charge in [-0.15, -0.1) is 0 Å². The summed E-state index contributed by atoms with van der Waals surface area (Å²) in [5.74, 6) is 1.13. The summed E-state index contributed by atoms with van der Waals surface area (Å²) in [6, 6.07) is 14.9. The van der Waals surface area contributed by atoms with E-state index in [-0.39, 0.29) is 0 Å². The molecular weight excluding hydrogens is 324 g/mol. The Hall–Kier alpha value is -1.19. The van der Waals surface area contributed by atoms with Gasteiger partial charge < -0.3 is 5.32 Å². The van der Waals surface area contributed by atoms with Crippen molar-refractivity contribution in [3.63, 3.8) is 0 Å². The number of hydrogen-bond donors (Lipinski definition) is 1. The van der Waals surface area contributed by atoms with E-state index in [0.717, 1.165) is 29.7 Å². The molecule has 0 fully saturated rings. The van der Waals surface area contributed by atoms with Gasteiger partial charge in [0.05, 0.1) is 0 Å². The monoisotopic (exact) mass is 346 g/mol. The zero-order valence-electron chi connectivity index (χ0n) is 12.7. The Kier molecular flexibility index (Phi) is 6.40. The first kappa shape index (κ1) is 16.2. The van der Waals surface area contributed by atoms with E-state index in [2.05, 4.69) is 82.5 Å². The van der Waals surface area contributed by atoms with Crippen molar-refractivity contribution in [2.45, 2.75) is 26.2 Å². The highest BCUT2D eigenvalue weighted by atomic mass is 79.9. The first-order chi connectivity index (χ1) is 10.1. The van der Waals surface area contributed by atoms with Crippen LogP contribution in [0.4, 0.5) is 0 Å². The van der Waals surface area contributed by atoms with E-state index in [0.29, 0.717) is 11.8 Å². The second-order valence-electron chi connectivity index (χ2n) is 5.83. The molecule has 0 aliphatic heterocycles. The maximum absolute atomic E-state index is 4.51. The lowest BCUT2D eigenvalue weighted by molar-refractivity contribution is 0.512. The second-order valence-corrected chi connectivity index (χ2v) is 6.75. The van der Waals surface area contributed by atoms with E-state index < -0.39 is 0 Å². The topological polar surface area (TPSA) is 24.9 Å². The Morgan fingerprint density at radius 2 is 1.81 bits per heavy atom. The molecule has 1 aromatic carbocycles. The van der Waals surface area contributed by atoms with Gasteiger partial charge in [-0.2, -0.15) is 0 Å². The minimum atomic E-state index is 0.457. The van der Waals surface area contributed by atoms with Crippen LogP contribution in [0.5, 0.6) is 0 Å². The van der Waals surface area contributed by atoms with Gasteiger partial charge in [-0.3, -0.25) is 4.98 Å². The van der Waals surface area contributed by atoms with Crippen molar-refractivity contribution in [1.82, 2.24) is 10.3 Å². The van der Waals surface area contributed by atoms with Crippen LogP contribution in [0.15, 0.2) is 53.1 Å². The summed E-state index contributed by atoms with van der Waals surface area (Å²) < 4.78 is 1.03. The average molecular weight is 347 g/mol. The van der Waals surface area contributed by atoms with Gasteiger partial charge in [0, 0.05) is 28.8 Å². The van der Waals surface area contributed by atoms with Crippen molar-refractivity contribution < 1.29 is 0 Å². The average Bonchev–Trinajstić information content (AvgIpc) is 2.49. The third-order valence-electron chi connectivity index (χ3n) is 3.46. The summed E-state index contributed by atoms with van der Waals surface area (Å²) in [7, 11) is 0. The third kappa shape index (κ3) is 5.60. The molecule has 0 spiro atoms. The van der Waals surface area contributed by atoms with Crippen molar-refractivity contribution in [1.29, 1.82) is 0 Å². The largest absolute Gasteiger partial charge is 0.316 e. The Balaban J connectivity index is 2.06. The highest BCUT2D eigenvalue weighted by molar-refractivity contribution is 9.10. The molecule has 0 bridgehead atoms. The molecule has 1 unspecified atom stereocenters.